The second kappa shape index (κ2) is 7.42. The molecule has 1 fully saturated rings. The number of carbonyl (C=O) groups is 2. The minimum Gasteiger partial charge on any atom is -0.489 e. The summed E-state index contributed by atoms with van der Waals surface area (Å²) in [7, 11) is 0. The molecule has 4 N–H and O–H groups in total. The van der Waals surface area contributed by atoms with Crippen LogP contribution >= 0.6 is 0 Å². The molecule has 2 atom stereocenters. The monoisotopic (exact) mass is 412 g/mol. The molecular formula is C21H21FN4O4. The summed E-state index contributed by atoms with van der Waals surface area (Å²) in [5.41, 5.74) is 5.98. The zero-order chi connectivity index (χ0) is 21.5. The van der Waals surface area contributed by atoms with Crippen LogP contribution in [0.4, 0.5) is 4.39 Å². The lowest BCUT2D eigenvalue weighted by molar-refractivity contribution is -0.124. The smallest absolute Gasteiger partial charge is 0.255 e. The van der Waals surface area contributed by atoms with E-state index in [1.54, 1.807) is 48.0 Å². The molecule has 1 saturated carbocycles. The van der Waals surface area contributed by atoms with Crippen LogP contribution in [0.25, 0.3) is 5.52 Å². The molecule has 1 aromatic carbocycles. The van der Waals surface area contributed by atoms with E-state index in [1.807, 2.05) is 0 Å². The number of nitrogens with two attached hydrogens (primary N) is 1. The van der Waals surface area contributed by atoms with Crippen molar-refractivity contribution >= 4 is 17.3 Å². The Morgan fingerprint density at radius 1 is 1.40 bits per heavy atom. The highest BCUT2D eigenvalue weighted by molar-refractivity contribution is 6.03. The number of hydrogen-bond acceptors (Lipinski definition) is 5. The highest BCUT2D eigenvalue weighted by Crippen LogP contribution is 2.45. The standard InChI is InChI=1S/C21H21FN4O4/c1-12-18(19(28)24-17-9-21(17,11-27)20(23)29)16-8-14(6-7-26(16)25-12)30-10-13-4-2-3-5-15(13)22/h2-8,17,27H,9-11H2,1H3,(H2,23,29)(H,24,28). The molecule has 2 heterocycles. The summed E-state index contributed by atoms with van der Waals surface area (Å²) >= 11 is 0. The number of nitrogens with one attached hydrogen (secondary N) is 1. The number of benzene rings is 1. The molecule has 0 radical (unpaired) electrons. The van der Waals surface area contributed by atoms with Gasteiger partial charge in [-0.15, -0.1) is 0 Å². The van der Waals surface area contributed by atoms with Crippen LogP contribution in [0.3, 0.4) is 0 Å². The number of aryl methyl sites for hydroxylation is 1. The number of halogens is 1. The Morgan fingerprint density at radius 2 is 2.17 bits per heavy atom. The van der Waals surface area contributed by atoms with E-state index in [9.17, 15) is 19.1 Å². The Hall–Kier alpha value is -3.46. The number of amides is 2. The van der Waals surface area contributed by atoms with Gasteiger partial charge in [-0.05, 0) is 25.5 Å². The molecule has 2 amide bonds. The van der Waals surface area contributed by atoms with Crippen molar-refractivity contribution in [1.29, 1.82) is 0 Å². The van der Waals surface area contributed by atoms with Gasteiger partial charge >= 0.3 is 0 Å². The van der Waals surface area contributed by atoms with Crippen molar-refractivity contribution < 1.29 is 23.8 Å². The number of aromatic nitrogens is 2. The van der Waals surface area contributed by atoms with Gasteiger partial charge < -0.3 is 20.9 Å². The van der Waals surface area contributed by atoms with Gasteiger partial charge in [-0.25, -0.2) is 8.91 Å². The molecule has 9 heteroatoms. The quantitative estimate of drug-likeness (QED) is 0.541. The second-order valence-corrected chi connectivity index (χ2v) is 7.44. The third-order valence-electron chi connectivity index (χ3n) is 5.51. The van der Waals surface area contributed by atoms with Gasteiger partial charge in [-0.1, -0.05) is 18.2 Å². The number of rotatable bonds is 7. The van der Waals surface area contributed by atoms with Gasteiger partial charge in [0.05, 0.1) is 28.8 Å². The van der Waals surface area contributed by atoms with Crippen molar-refractivity contribution in [3.05, 3.63) is 65.2 Å². The average Bonchev–Trinajstić information content (AvgIpc) is 3.33. The van der Waals surface area contributed by atoms with Crippen molar-refractivity contribution in [3.63, 3.8) is 0 Å². The summed E-state index contributed by atoms with van der Waals surface area (Å²) < 4.78 is 21.0. The zero-order valence-corrected chi connectivity index (χ0v) is 16.3. The van der Waals surface area contributed by atoms with Gasteiger partial charge in [0, 0.05) is 23.9 Å². The van der Waals surface area contributed by atoms with Crippen LogP contribution in [0.15, 0.2) is 42.6 Å². The number of nitrogens with zero attached hydrogens (tertiary/aromatic N) is 2. The van der Waals surface area contributed by atoms with E-state index >= 15 is 0 Å². The topological polar surface area (TPSA) is 119 Å². The predicted molar refractivity (Wildman–Crippen MR) is 105 cm³/mol. The minimum atomic E-state index is -1.11. The maximum atomic E-state index is 13.8. The summed E-state index contributed by atoms with van der Waals surface area (Å²) in [6, 6.07) is 9.13. The largest absolute Gasteiger partial charge is 0.489 e. The molecule has 2 unspecified atom stereocenters. The first-order valence-electron chi connectivity index (χ1n) is 9.42. The highest BCUT2D eigenvalue weighted by Gasteiger charge is 2.59. The Kier molecular flexibility index (Phi) is 4.90. The molecule has 0 spiro atoms. The molecule has 4 rings (SSSR count). The Labute approximate surface area is 171 Å². The van der Waals surface area contributed by atoms with E-state index in [0.717, 1.165) is 0 Å². The van der Waals surface area contributed by atoms with Crippen molar-refractivity contribution in [1.82, 2.24) is 14.9 Å². The van der Waals surface area contributed by atoms with Crippen LogP contribution in [0.2, 0.25) is 0 Å². The summed E-state index contributed by atoms with van der Waals surface area (Å²) in [4.78, 5) is 24.4. The Bertz CT molecular complexity index is 1150. The molecule has 2 aromatic heterocycles. The predicted octanol–water partition coefficient (Wildman–Crippen LogP) is 1.33. The first kappa shape index (κ1) is 19.8. The second-order valence-electron chi connectivity index (χ2n) is 7.44. The van der Waals surface area contributed by atoms with E-state index in [-0.39, 0.29) is 12.4 Å². The molecule has 1 aliphatic rings. The maximum absolute atomic E-state index is 13.8. The van der Waals surface area contributed by atoms with Crippen LogP contribution in [0.1, 0.15) is 28.0 Å². The molecule has 30 heavy (non-hydrogen) atoms. The lowest BCUT2D eigenvalue weighted by Gasteiger charge is -2.11. The maximum Gasteiger partial charge on any atom is 0.255 e. The highest BCUT2D eigenvalue weighted by atomic mass is 19.1. The number of ether oxygens (including phenoxy) is 1. The molecule has 0 saturated heterocycles. The first-order chi connectivity index (χ1) is 14.4. The fourth-order valence-corrected chi connectivity index (χ4v) is 3.54. The van der Waals surface area contributed by atoms with Crippen LogP contribution in [-0.4, -0.2) is 39.2 Å². The molecule has 3 aromatic rings. The van der Waals surface area contributed by atoms with Crippen LogP contribution in [-0.2, 0) is 11.4 Å². The van der Waals surface area contributed by atoms with Gasteiger partial charge in [0.2, 0.25) is 5.91 Å². The van der Waals surface area contributed by atoms with Crippen LogP contribution in [0.5, 0.6) is 5.75 Å². The van der Waals surface area contributed by atoms with E-state index in [4.69, 9.17) is 10.5 Å². The normalized spacial score (nSPS) is 20.2. The number of fused-ring (bicyclic) bond motifs is 1. The van der Waals surface area contributed by atoms with Crippen LogP contribution < -0.4 is 15.8 Å². The van der Waals surface area contributed by atoms with Crippen molar-refractivity contribution in [3.8, 4) is 5.75 Å². The summed E-state index contributed by atoms with van der Waals surface area (Å²) in [6.07, 6.45) is 1.94. The van der Waals surface area contributed by atoms with Gasteiger partial charge in [0.1, 0.15) is 18.2 Å². The zero-order valence-electron chi connectivity index (χ0n) is 16.3. The number of hydrogen-bond donors (Lipinski definition) is 3. The van der Waals surface area contributed by atoms with Gasteiger partial charge in [0.25, 0.3) is 5.91 Å². The van der Waals surface area contributed by atoms with E-state index < -0.39 is 29.9 Å². The van der Waals surface area contributed by atoms with Crippen LogP contribution in [0, 0.1) is 18.2 Å². The van der Waals surface area contributed by atoms with Gasteiger partial charge in [0.15, 0.2) is 0 Å². The molecule has 0 aliphatic heterocycles. The first-order valence-corrected chi connectivity index (χ1v) is 9.42. The SMILES string of the molecule is Cc1nn2ccc(OCc3ccccc3F)cc2c1C(=O)NC1CC1(CO)C(N)=O. The fraction of sp³-hybridized carbons (Fsp3) is 0.286. The average molecular weight is 412 g/mol. The summed E-state index contributed by atoms with van der Waals surface area (Å²) in [5.74, 6) is -0.968. The lowest BCUT2D eigenvalue weighted by atomic mass is 10.1. The lowest BCUT2D eigenvalue weighted by Crippen LogP contribution is -2.38. The number of pyridine rings is 1. The number of aliphatic hydroxyl groups is 1. The van der Waals surface area contributed by atoms with Crippen molar-refractivity contribution in [2.75, 3.05) is 6.61 Å². The number of aliphatic hydroxyl groups excluding tert-OH is 1. The number of carbonyl (C=O) groups excluding carboxylic acids is 2. The third kappa shape index (κ3) is 3.37. The van der Waals surface area contributed by atoms with E-state index in [0.29, 0.717) is 34.5 Å². The molecular weight excluding hydrogens is 391 g/mol. The van der Waals surface area contributed by atoms with E-state index in [2.05, 4.69) is 10.4 Å². The third-order valence-corrected chi connectivity index (χ3v) is 5.51. The Balaban J connectivity index is 1.56. The van der Waals surface area contributed by atoms with Gasteiger partial charge in [-0.3, -0.25) is 9.59 Å². The minimum absolute atomic E-state index is 0.0389. The summed E-state index contributed by atoms with van der Waals surface area (Å²) in [5, 5.41) is 16.5. The van der Waals surface area contributed by atoms with Crippen molar-refractivity contribution in [2.45, 2.75) is 26.0 Å². The van der Waals surface area contributed by atoms with Gasteiger partial charge in [-0.2, -0.15) is 5.10 Å². The molecule has 8 nitrogen and oxygen atoms in total. The number of primary amides is 1. The fourth-order valence-electron chi connectivity index (χ4n) is 3.54. The molecule has 156 valence electrons. The summed E-state index contributed by atoms with van der Waals surface area (Å²) in [6.45, 7) is 1.31. The molecule has 0 bridgehead atoms. The Morgan fingerprint density at radius 3 is 2.83 bits per heavy atom. The molecule has 1 aliphatic carbocycles. The van der Waals surface area contributed by atoms with E-state index in [1.165, 1.54) is 6.07 Å². The van der Waals surface area contributed by atoms with Crippen molar-refractivity contribution in [2.24, 2.45) is 11.1 Å².